The summed E-state index contributed by atoms with van der Waals surface area (Å²) in [5.74, 6) is 0.139. The molecule has 0 saturated carbocycles. The fraction of sp³-hybridized carbons (Fsp3) is 0.263. The van der Waals surface area contributed by atoms with Crippen LogP contribution in [0.5, 0.6) is 0 Å². The Labute approximate surface area is 149 Å². The molecular formula is C19H18N2OS2. The normalized spacial score (nSPS) is 16.1. The number of rotatable bonds is 4. The number of fused-ring (bicyclic) bond motifs is 1. The third-order valence-electron chi connectivity index (χ3n) is 4.58. The minimum Gasteiger partial charge on any atom is -0.338 e. The van der Waals surface area contributed by atoms with E-state index < -0.39 is 0 Å². The van der Waals surface area contributed by atoms with Crippen molar-refractivity contribution in [1.29, 1.82) is 0 Å². The van der Waals surface area contributed by atoms with Gasteiger partial charge in [0, 0.05) is 12.4 Å². The lowest BCUT2D eigenvalue weighted by molar-refractivity contribution is -0.131. The van der Waals surface area contributed by atoms with Crippen LogP contribution < -0.4 is 0 Å². The highest BCUT2D eigenvalue weighted by Gasteiger charge is 2.28. The third kappa shape index (κ3) is 2.89. The molecule has 0 saturated heterocycles. The molecule has 0 fully saturated rings. The highest BCUT2D eigenvalue weighted by molar-refractivity contribution is 7.20. The second kappa shape index (κ2) is 6.49. The summed E-state index contributed by atoms with van der Waals surface area (Å²) in [6, 6.07) is 12.7. The number of hydrogen-bond donors (Lipinski definition) is 0. The van der Waals surface area contributed by atoms with Gasteiger partial charge in [-0.1, -0.05) is 30.3 Å². The molecule has 1 atom stereocenters. The van der Waals surface area contributed by atoms with E-state index in [0.29, 0.717) is 6.42 Å². The molecule has 0 spiro atoms. The van der Waals surface area contributed by atoms with Gasteiger partial charge in [-0.2, -0.15) is 0 Å². The van der Waals surface area contributed by atoms with E-state index >= 15 is 0 Å². The predicted molar refractivity (Wildman–Crippen MR) is 99.4 cm³/mol. The first-order valence-electron chi connectivity index (χ1n) is 8.04. The van der Waals surface area contributed by atoms with Crippen LogP contribution in [0.2, 0.25) is 0 Å². The Balaban J connectivity index is 1.47. The summed E-state index contributed by atoms with van der Waals surface area (Å²) >= 11 is 3.29. The van der Waals surface area contributed by atoms with Crippen LogP contribution in [0.1, 0.15) is 29.3 Å². The number of nitrogens with zero attached hydrogens (tertiary/aromatic N) is 2. The summed E-state index contributed by atoms with van der Waals surface area (Å²) in [5.41, 5.74) is 3.54. The SMILES string of the molecule is CN(C(=O)Cc1csc(-c2cccs2)n1)C1CCc2ccccc21. The van der Waals surface area contributed by atoms with E-state index in [1.54, 1.807) is 22.7 Å². The number of amides is 1. The summed E-state index contributed by atoms with van der Waals surface area (Å²) < 4.78 is 0. The zero-order valence-electron chi connectivity index (χ0n) is 13.4. The Morgan fingerprint density at radius 2 is 2.12 bits per heavy atom. The highest BCUT2D eigenvalue weighted by Crippen LogP contribution is 2.35. The number of aromatic nitrogens is 1. The largest absolute Gasteiger partial charge is 0.338 e. The summed E-state index contributed by atoms with van der Waals surface area (Å²) in [6.07, 6.45) is 2.44. The Morgan fingerprint density at radius 1 is 1.25 bits per heavy atom. The molecule has 3 aromatic rings. The number of carbonyl (C=O) groups is 1. The van der Waals surface area contributed by atoms with Crippen LogP contribution in [0.4, 0.5) is 0 Å². The van der Waals surface area contributed by atoms with Gasteiger partial charge in [0.2, 0.25) is 5.91 Å². The molecule has 1 aromatic carbocycles. The number of carbonyl (C=O) groups excluding carboxylic acids is 1. The van der Waals surface area contributed by atoms with Crippen molar-refractivity contribution in [2.24, 2.45) is 0 Å². The molecule has 4 rings (SSSR count). The number of likely N-dealkylation sites (N-methyl/N-ethyl adjacent to an activating group) is 1. The molecule has 0 aliphatic heterocycles. The summed E-state index contributed by atoms with van der Waals surface area (Å²) in [7, 11) is 1.92. The Bertz CT molecular complexity index is 854. The molecule has 0 N–H and O–H groups in total. The molecule has 3 nitrogen and oxygen atoms in total. The molecule has 1 amide bonds. The van der Waals surface area contributed by atoms with Gasteiger partial charge in [0.15, 0.2) is 0 Å². The second-order valence-corrected chi connectivity index (χ2v) is 7.86. The van der Waals surface area contributed by atoms with Gasteiger partial charge in [0.1, 0.15) is 5.01 Å². The van der Waals surface area contributed by atoms with Gasteiger partial charge < -0.3 is 4.90 Å². The maximum Gasteiger partial charge on any atom is 0.228 e. The van der Waals surface area contributed by atoms with E-state index in [9.17, 15) is 4.79 Å². The molecule has 122 valence electrons. The van der Waals surface area contributed by atoms with Crippen LogP contribution in [0, 0.1) is 0 Å². The van der Waals surface area contributed by atoms with Crippen LogP contribution in [-0.2, 0) is 17.6 Å². The number of aryl methyl sites for hydroxylation is 1. The van der Waals surface area contributed by atoms with Crippen molar-refractivity contribution in [1.82, 2.24) is 9.88 Å². The maximum absolute atomic E-state index is 12.7. The van der Waals surface area contributed by atoms with E-state index in [2.05, 4.69) is 35.3 Å². The smallest absolute Gasteiger partial charge is 0.228 e. The minimum atomic E-state index is 0.139. The summed E-state index contributed by atoms with van der Waals surface area (Å²) in [6.45, 7) is 0. The van der Waals surface area contributed by atoms with Crippen molar-refractivity contribution in [2.45, 2.75) is 25.3 Å². The average molecular weight is 355 g/mol. The van der Waals surface area contributed by atoms with Crippen molar-refractivity contribution in [3.63, 3.8) is 0 Å². The van der Waals surface area contributed by atoms with Crippen molar-refractivity contribution in [3.05, 3.63) is 64.0 Å². The Morgan fingerprint density at radius 3 is 2.96 bits per heavy atom. The molecule has 0 radical (unpaired) electrons. The molecule has 2 aromatic heterocycles. The standard InChI is InChI=1S/C19H18N2OS2/c1-21(16-9-8-13-5-2-3-6-15(13)16)18(22)11-14-12-24-19(20-14)17-7-4-10-23-17/h2-7,10,12,16H,8-9,11H2,1H3. The Kier molecular flexibility index (Phi) is 4.21. The van der Waals surface area contributed by atoms with Gasteiger partial charge in [-0.05, 0) is 35.4 Å². The van der Waals surface area contributed by atoms with Gasteiger partial charge in [0.05, 0.1) is 23.0 Å². The number of hydrogen-bond acceptors (Lipinski definition) is 4. The van der Waals surface area contributed by atoms with E-state index in [1.165, 1.54) is 11.1 Å². The molecule has 24 heavy (non-hydrogen) atoms. The number of thiazole rings is 1. The van der Waals surface area contributed by atoms with E-state index in [-0.39, 0.29) is 11.9 Å². The third-order valence-corrected chi connectivity index (χ3v) is 6.51. The first kappa shape index (κ1) is 15.5. The first-order valence-corrected chi connectivity index (χ1v) is 9.80. The van der Waals surface area contributed by atoms with Crippen molar-refractivity contribution < 1.29 is 4.79 Å². The molecule has 0 bridgehead atoms. The fourth-order valence-electron chi connectivity index (χ4n) is 3.29. The second-order valence-electron chi connectivity index (χ2n) is 6.06. The molecular weight excluding hydrogens is 336 g/mol. The van der Waals surface area contributed by atoms with Gasteiger partial charge in [-0.15, -0.1) is 22.7 Å². The predicted octanol–water partition coefficient (Wildman–Crippen LogP) is 4.56. The van der Waals surface area contributed by atoms with Crippen LogP contribution in [0.15, 0.2) is 47.2 Å². The fourth-order valence-corrected chi connectivity index (χ4v) is 4.93. The van der Waals surface area contributed by atoms with Crippen molar-refractivity contribution >= 4 is 28.6 Å². The summed E-state index contributed by atoms with van der Waals surface area (Å²) in [4.78, 5) is 20.4. The zero-order chi connectivity index (χ0) is 16.5. The van der Waals surface area contributed by atoms with Crippen LogP contribution >= 0.6 is 22.7 Å². The van der Waals surface area contributed by atoms with Crippen LogP contribution in [0.25, 0.3) is 9.88 Å². The van der Waals surface area contributed by atoms with E-state index in [1.807, 2.05) is 28.8 Å². The van der Waals surface area contributed by atoms with Gasteiger partial charge in [-0.3, -0.25) is 4.79 Å². The van der Waals surface area contributed by atoms with Crippen LogP contribution in [-0.4, -0.2) is 22.8 Å². The zero-order valence-corrected chi connectivity index (χ0v) is 15.1. The lowest BCUT2D eigenvalue weighted by atomic mass is 10.1. The summed E-state index contributed by atoms with van der Waals surface area (Å²) in [5, 5.41) is 5.05. The van der Waals surface area contributed by atoms with Gasteiger partial charge in [-0.25, -0.2) is 4.98 Å². The highest BCUT2D eigenvalue weighted by atomic mass is 32.1. The molecule has 2 heterocycles. The number of benzene rings is 1. The lowest BCUT2D eigenvalue weighted by Crippen LogP contribution is -2.31. The molecule has 5 heteroatoms. The van der Waals surface area contributed by atoms with Crippen molar-refractivity contribution in [3.8, 4) is 9.88 Å². The molecule has 1 unspecified atom stereocenters. The number of thiophene rings is 1. The minimum absolute atomic E-state index is 0.139. The maximum atomic E-state index is 12.7. The first-order chi connectivity index (χ1) is 11.7. The average Bonchev–Trinajstić information content (AvgIpc) is 3.33. The van der Waals surface area contributed by atoms with Crippen molar-refractivity contribution in [2.75, 3.05) is 7.05 Å². The monoisotopic (exact) mass is 354 g/mol. The Hall–Kier alpha value is -1.98. The topological polar surface area (TPSA) is 33.2 Å². The van der Waals surface area contributed by atoms with E-state index in [0.717, 1.165) is 28.4 Å². The lowest BCUT2D eigenvalue weighted by Gasteiger charge is -2.25. The van der Waals surface area contributed by atoms with Gasteiger partial charge >= 0.3 is 0 Å². The van der Waals surface area contributed by atoms with Crippen LogP contribution in [0.3, 0.4) is 0 Å². The molecule has 1 aliphatic carbocycles. The quantitative estimate of drug-likeness (QED) is 0.688. The van der Waals surface area contributed by atoms with Gasteiger partial charge in [0.25, 0.3) is 0 Å². The van der Waals surface area contributed by atoms with E-state index in [4.69, 9.17) is 0 Å². The molecule has 1 aliphatic rings.